The number of carbonyl (C=O) groups is 1. The first-order chi connectivity index (χ1) is 8.27. The number of carbonyl (C=O) groups excluding carboxylic acids is 1. The number of hydrogen-bond donors (Lipinski definition) is 1. The van der Waals surface area contributed by atoms with Crippen molar-refractivity contribution in [2.75, 3.05) is 20.1 Å². The lowest BCUT2D eigenvalue weighted by molar-refractivity contribution is -0.122. The Balaban J connectivity index is 1.52. The van der Waals surface area contributed by atoms with E-state index in [9.17, 15) is 4.79 Å². The van der Waals surface area contributed by atoms with Crippen molar-refractivity contribution in [2.45, 2.75) is 57.4 Å². The van der Waals surface area contributed by atoms with E-state index in [1.807, 2.05) is 0 Å². The number of amides is 1. The van der Waals surface area contributed by atoms with Crippen molar-refractivity contribution in [3.63, 3.8) is 0 Å². The Morgan fingerprint density at radius 1 is 1.18 bits per heavy atom. The third kappa shape index (κ3) is 4.30. The first-order valence-electron chi connectivity index (χ1n) is 7.25. The number of hydrogen-bond acceptors (Lipinski definition) is 2. The normalized spacial score (nSPS) is 21.8. The fourth-order valence-electron chi connectivity index (χ4n) is 2.73. The lowest BCUT2D eigenvalue weighted by Gasteiger charge is -2.31. The Kier molecular flexibility index (Phi) is 4.84. The molecule has 2 aliphatic carbocycles. The predicted molar refractivity (Wildman–Crippen MR) is 69.9 cm³/mol. The maximum atomic E-state index is 11.4. The summed E-state index contributed by atoms with van der Waals surface area (Å²) in [6.45, 7) is 1.97. The Morgan fingerprint density at radius 2 is 1.88 bits per heavy atom. The van der Waals surface area contributed by atoms with Crippen LogP contribution in [0.5, 0.6) is 0 Å². The molecule has 0 radical (unpaired) electrons. The highest BCUT2D eigenvalue weighted by molar-refractivity contribution is 5.80. The fourth-order valence-corrected chi connectivity index (χ4v) is 2.73. The first kappa shape index (κ1) is 12.9. The van der Waals surface area contributed by atoms with Gasteiger partial charge in [-0.3, -0.25) is 4.79 Å². The number of nitrogens with zero attached hydrogens (tertiary/aromatic N) is 1. The fraction of sp³-hybridized carbons (Fsp3) is 0.929. The highest BCUT2D eigenvalue weighted by atomic mass is 16.2. The van der Waals surface area contributed by atoms with Crippen molar-refractivity contribution in [1.29, 1.82) is 0 Å². The molecular weight excluding hydrogens is 212 g/mol. The molecular formula is C14H26N2O. The van der Waals surface area contributed by atoms with Crippen molar-refractivity contribution in [2.24, 2.45) is 5.92 Å². The van der Waals surface area contributed by atoms with Gasteiger partial charge in [-0.05, 0) is 45.7 Å². The largest absolute Gasteiger partial charge is 0.356 e. The van der Waals surface area contributed by atoms with Crippen molar-refractivity contribution in [3.05, 3.63) is 0 Å². The molecule has 0 spiro atoms. The summed E-state index contributed by atoms with van der Waals surface area (Å²) in [6.07, 6.45) is 10.2. The van der Waals surface area contributed by atoms with Gasteiger partial charge >= 0.3 is 0 Å². The maximum absolute atomic E-state index is 11.4. The molecule has 0 unspecified atom stereocenters. The minimum atomic E-state index is 0.283. The second-order valence-electron chi connectivity index (χ2n) is 5.69. The molecule has 0 atom stereocenters. The summed E-state index contributed by atoms with van der Waals surface area (Å²) < 4.78 is 0. The molecule has 3 heteroatoms. The molecule has 1 amide bonds. The summed E-state index contributed by atoms with van der Waals surface area (Å²) in [5.74, 6) is 0.636. The van der Waals surface area contributed by atoms with Gasteiger partial charge in [-0.2, -0.15) is 0 Å². The van der Waals surface area contributed by atoms with Gasteiger partial charge in [-0.1, -0.05) is 19.3 Å². The molecule has 0 saturated heterocycles. The van der Waals surface area contributed by atoms with Gasteiger partial charge in [-0.15, -0.1) is 0 Å². The molecule has 0 aromatic heterocycles. The van der Waals surface area contributed by atoms with Crippen LogP contribution in [0, 0.1) is 5.92 Å². The topological polar surface area (TPSA) is 32.3 Å². The molecule has 0 aromatic carbocycles. The highest BCUT2D eigenvalue weighted by Crippen LogP contribution is 2.28. The van der Waals surface area contributed by atoms with Gasteiger partial charge < -0.3 is 10.2 Å². The third-order valence-electron chi connectivity index (χ3n) is 4.13. The van der Waals surface area contributed by atoms with E-state index in [1.165, 1.54) is 32.1 Å². The van der Waals surface area contributed by atoms with Crippen LogP contribution >= 0.6 is 0 Å². The van der Waals surface area contributed by atoms with Crippen LogP contribution in [0.15, 0.2) is 0 Å². The average molecular weight is 238 g/mol. The molecule has 0 aromatic rings. The van der Waals surface area contributed by atoms with E-state index < -0.39 is 0 Å². The van der Waals surface area contributed by atoms with Crippen molar-refractivity contribution in [1.82, 2.24) is 10.2 Å². The van der Waals surface area contributed by atoms with E-state index >= 15 is 0 Å². The Bertz CT molecular complexity index is 245. The van der Waals surface area contributed by atoms with E-state index in [0.29, 0.717) is 5.92 Å². The van der Waals surface area contributed by atoms with Crippen molar-refractivity contribution in [3.8, 4) is 0 Å². The molecule has 0 bridgehead atoms. The predicted octanol–water partition coefficient (Wildman–Crippen LogP) is 2.17. The lowest BCUT2D eigenvalue weighted by atomic mass is 9.94. The van der Waals surface area contributed by atoms with E-state index in [0.717, 1.165) is 38.4 Å². The Morgan fingerprint density at radius 3 is 2.53 bits per heavy atom. The van der Waals surface area contributed by atoms with E-state index in [1.54, 1.807) is 0 Å². The molecule has 17 heavy (non-hydrogen) atoms. The lowest BCUT2D eigenvalue weighted by Crippen LogP contribution is -2.36. The van der Waals surface area contributed by atoms with Gasteiger partial charge in [0.15, 0.2) is 0 Å². The molecule has 2 rings (SSSR count). The third-order valence-corrected chi connectivity index (χ3v) is 4.13. The van der Waals surface area contributed by atoms with Gasteiger partial charge in [-0.25, -0.2) is 0 Å². The molecule has 0 aliphatic heterocycles. The SMILES string of the molecule is CN(CCCNC(=O)C1CC1)C1CCCCC1. The monoisotopic (exact) mass is 238 g/mol. The first-order valence-corrected chi connectivity index (χ1v) is 7.25. The zero-order chi connectivity index (χ0) is 12.1. The second-order valence-corrected chi connectivity index (χ2v) is 5.69. The Hall–Kier alpha value is -0.570. The zero-order valence-electron chi connectivity index (χ0n) is 11.1. The smallest absolute Gasteiger partial charge is 0.223 e. The molecule has 2 aliphatic rings. The van der Waals surface area contributed by atoms with Gasteiger partial charge in [0.1, 0.15) is 0 Å². The molecule has 98 valence electrons. The van der Waals surface area contributed by atoms with Crippen LogP contribution in [0.25, 0.3) is 0 Å². The molecule has 2 saturated carbocycles. The number of rotatable bonds is 6. The highest BCUT2D eigenvalue weighted by Gasteiger charge is 2.29. The minimum Gasteiger partial charge on any atom is -0.356 e. The zero-order valence-corrected chi connectivity index (χ0v) is 11.1. The quantitative estimate of drug-likeness (QED) is 0.719. The van der Waals surface area contributed by atoms with Crippen LogP contribution < -0.4 is 5.32 Å². The van der Waals surface area contributed by atoms with Crippen LogP contribution in [0.1, 0.15) is 51.4 Å². The van der Waals surface area contributed by atoms with E-state index in [2.05, 4.69) is 17.3 Å². The molecule has 1 N–H and O–H groups in total. The van der Waals surface area contributed by atoms with Crippen molar-refractivity contribution < 1.29 is 4.79 Å². The summed E-state index contributed by atoms with van der Waals surface area (Å²) in [4.78, 5) is 13.9. The van der Waals surface area contributed by atoms with Gasteiger partial charge in [0, 0.05) is 18.5 Å². The average Bonchev–Trinajstić information content (AvgIpc) is 3.19. The molecule has 2 fully saturated rings. The summed E-state index contributed by atoms with van der Waals surface area (Å²) in [5.41, 5.74) is 0. The Labute approximate surface area is 105 Å². The van der Waals surface area contributed by atoms with Crippen molar-refractivity contribution >= 4 is 5.91 Å². The summed E-state index contributed by atoms with van der Waals surface area (Å²) >= 11 is 0. The van der Waals surface area contributed by atoms with Crippen LogP contribution in [0.4, 0.5) is 0 Å². The summed E-state index contributed by atoms with van der Waals surface area (Å²) in [7, 11) is 2.23. The van der Waals surface area contributed by atoms with E-state index in [-0.39, 0.29) is 5.91 Å². The standard InChI is InChI=1S/C14H26N2O/c1-16(13-6-3-2-4-7-13)11-5-10-15-14(17)12-8-9-12/h12-13H,2-11H2,1H3,(H,15,17). The van der Waals surface area contributed by atoms with Crippen LogP contribution in [-0.4, -0.2) is 37.0 Å². The van der Waals surface area contributed by atoms with Gasteiger partial charge in [0.25, 0.3) is 0 Å². The molecule has 0 heterocycles. The van der Waals surface area contributed by atoms with E-state index in [4.69, 9.17) is 0 Å². The minimum absolute atomic E-state index is 0.283. The van der Waals surface area contributed by atoms with Gasteiger partial charge in [0.2, 0.25) is 5.91 Å². The summed E-state index contributed by atoms with van der Waals surface area (Å²) in [5, 5.41) is 3.04. The molecule has 3 nitrogen and oxygen atoms in total. The van der Waals surface area contributed by atoms with Gasteiger partial charge in [0.05, 0.1) is 0 Å². The van der Waals surface area contributed by atoms with Crippen LogP contribution in [0.3, 0.4) is 0 Å². The van der Waals surface area contributed by atoms with Crippen LogP contribution in [-0.2, 0) is 4.79 Å². The second kappa shape index (κ2) is 6.39. The van der Waals surface area contributed by atoms with Crippen LogP contribution in [0.2, 0.25) is 0 Å². The maximum Gasteiger partial charge on any atom is 0.223 e. The summed E-state index contributed by atoms with van der Waals surface area (Å²) in [6, 6.07) is 0.794. The number of nitrogens with one attached hydrogen (secondary N) is 1.